The fourth-order valence-corrected chi connectivity index (χ4v) is 1.35. The summed E-state index contributed by atoms with van der Waals surface area (Å²) >= 11 is 0. The highest BCUT2D eigenvalue weighted by molar-refractivity contribution is 5.90. The van der Waals surface area contributed by atoms with Gasteiger partial charge in [-0.25, -0.2) is 9.18 Å². The standard InChI is InChI=1S/C14H16FNO3/c1-3-16-14(18)10(2)19-13(17)9-8-11-6-4-5-7-12(11)15/h4-10H,3H2,1-2H3,(H,16,18)/b9-8+/t10-/m1/s1. The molecule has 0 fully saturated rings. The van der Waals surface area contributed by atoms with E-state index in [1.165, 1.54) is 25.1 Å². The Morgan fingerprint density at radius 1 is 1.42 bits per heavy atom. The normalized spacial score (nSPS) is 12.2. The third-order valence-corrected chi connectivity index (χ3v) is 2.32. The largest absolute Gasteiger partial charge is 0.449 e. The van der Waals surface area contributed by atoms with Gasteiger partial charge in [0.15, 0.2) is 6.10 Å². The molecule has 0 radical (unpaired) electrons. The second-order valence-electron chi connectivity index (χ2n) is 3.83. The number of benzene rings is 1. The Morgan fingerprint density at radius 3 is 2.74 bits per heavy atom. The first-order valence-electron chi connectivity index (χ1n) is 5.95. The van der Waals surface area contributed by atoms with Gasteiger partial charge in [0.1, 0.15) is 5.82 Å². The number of carbonyl (C=O) groups excluding carboxylic acids is 2. The highest BCUT2D eigenvalue weighted by atomic mass is 19.1. The van der Waals surface area contributed by atoms with E-state index in [9.17, 15) is 14.0 Å². The molecule has 1 aromatic carbocycles. The van der Waals surface area contributed by atoms with Crippen molar-refractivity contribution in [3.63, 3.8) is 0 Å². The van der Waals surface area contributed by atoms with Gasteiger partial charge >= 0.3 is 5.97 Å². The summed E-state index contributed by atoms with van der Waals surface area (Å²) in [5.41, 5.74) is 0.283. The molecule has 0 aromatic heterocycles. The zero-order valence-electron chi connectivity index (χ0n) is 10.9. The molecule has 102 valence electrons. The predicted molar refractivity (Wildman–Crippen MR) is 69.7 cm³/mol. The van der Waals surface area contributed by atoms with Crippen molar-refractivity contribution in [3.8, 4) is 0 Å². The van der Waals surface area contributed by atoms with Gasteiger partial charge in [0.25, 0.3) is 5.91 Å². The number of esters is 1. The van der Waals surface area contributed by atoms with E-state index < -0.39 is 17.9 Å². The number of amides is 1. The second kappa shape index (κ2) is 7.31. The Morgan fingerprint density at radius 2 is 2.11 bits per heavy atom. The van der Waals surface area contributed by atoms with E-state index >= 15 is 0 Å². The van der Waals surface area contributed by atoms with E-state index in [1.807, 2.05) is 0 Å². The van der Waals surface area contributed by atoms with Crippen molar-refractivity contribution >= 4 is 18.0 Å². The summed E-state index contributed by atoms with van der Waals surface area (Å²) < 4.78 is 18.1. The van der Waals surface area contributed by atoms with Crippen LogP contribution in [0, 0.1) is 5.82 Å². The van der Waals surface area contributed by atoms with Crippen molar-refractivity contribution in [3.05, 3.63) is 41.7 Å². The number of rotatable bonds is 5. The van der Waals surface area contributed by atoms with Crippen molar-refractivity contribution < 1.29 is 18.7 Å². The summed E-state index contributed by atoms with van der Waals surface area (Å²) in [5.74, 6) is -1.49. The first kappa shape index (κ1) is 14.9. The molecule has 0 saturated heterocycles. The molecular weight excluding hydrogens is 249 g/mol. The van der Waals surface area contributed by atoms with Crippen LogP contribution in [-0.4, -0.2) is 24.5 Å². The molecular formula is C14H16FNO3. The van der Waals surface area contributed by atoms with Crippen LogP contribution in [0.5, 0.6) is 0 Å². The Kier molecular flexibility index (Phi) is 5.73. The number of ether oxygens (including phenoxy) is 1. The van der Waals surface area contributed by atoms with E-state index in [4.69, 9.17) is 4.74 Å². The summed E-state index contributed by atoms with van der Waals surface area (Å²) in [6.45, 7) is 3.70. The van der Waals surface area contributed by atoms with Crippen LogP contribution < -0.4 is 5.32 Å². The molecule has 1 amide bonds. The van der Waals surface area contributed by atoms with Gasteiger partial charge < -0.3 is 10.1 Å². The fraction of sp³-hybridized carbons (Fsp3) is 0.286. The van der Waals surface area contributed by atoms with Crippen LogP contribution in [0.25, 0.3) is 6.08 Å². The van der Waals surface area contributed by atoms with Crippen molar-refractivity contribution in [2.45, 2.75) is 20.0 Å². The molecule has 4 nitrogen and oxygen atoms in total. The Bertz CT molecular complexity index is 485. The molecule has 1 rings (SSSR count). The van der Waals surface area contributed by atoms with E-state index in [1.54, 1.807) is 19.1 Å². The first-order chi connectivity index (χ1) is 9.04. The maximum atomic E-state index is 13.3. The van der Waals surface area contributed by atoms with E-state index in [2.05, 4.69) is 5.32 Å². The van der Waals surface area contributed by atoms with Gasteiger partial charge in [-0.3, -0.25) is 4.79 Å². The van der Waals surface area contributed by atoms with Gasteiger partial charge in [-0.15, -0.1) is 0 Å². The minimum Gasteiger partial charge on any atom is -0.449 e. The summed E-state index contributed by atoms with van der Waals surface area (Å²) in [6.07, 6.45) is 1.52. The molecule has 0 aliphatic rings. The maximum absolute atomic E-state index is 13.3. The molecule has 0 heterocycles. The molecule has 1 aromatic rings. The lowest BCUT2D eigenvalue weighted by molar-refractivity contribution is -0.150. The molecule has 19 heavy (non-hydrogen) atoms. The number of hydrogen-bond donors (Lipinski definition) is 1. The van der Waals surface area contributed by atoms with Gasteiger partial charge in [0, 0.05) is 18.2 Å². The molecule has 5 heteroatoms. The SMILES string of the molecule is CCNC(=O)[C@@H](C)OC(=O)/C=C/c1ccccc1F. The smallest absolute Gasteiger partial charge is 0.331 e. The van der Waals surface area contributed by atoms with E-state index in [0.29, 0.717) is 6.54 Å². The summed E-state index contributed by atoms with van der Waals surface area (Å²) in [4.78, 5) is 22.8. The average molecular weight is 265 g/mol. The summed E-state index contributed by atoms with van der Waals surface area (Å²) in [5, 5.41) is 2.53. The monoisotopic (exact) mass is 265 g/mol. The minimum absolute atomic E-state index is 0.283. The lowest BCUT2D eigenvalue weighted by Gasteiger charge is -2.10. The lowest BCUT2D eigenvalue weighted by Crippen LogP contribution is -2.35. The molecule has 0 saturated carbocycles. The van der Waals surface area contributed by atoms with Gasteiger partial charge in [0.05, 0.1) is 0 Å². The van der Waals surface area contributed by atoms with Crippen LogP contribution in [0.1, 0.15) is 19.4 Å². The quantitative estimate of drug-likeness (QED) is 0.653. The molecule has 0 unspecified atom stereocenters. The Hall–Kier alpha value is -2.17. The van der Waals surface area contributed by atoms with Crippen LogP contribution >= 0.6 is 0 Å². The van der Waals surface area contributed by atoms with Crippen LogP contribution in [-0.2, 0) is 14.3 Å². The highest BCUT2D eigenvalue weighted by Crippen LogP contribution is 2.08. The van der Waals surface area contributed by atoms with Crippen LogP contribution in [0.4, 0.5) is 4.39 Å². The average Bonchev–Trinajstić information content (AvgIpc) is 2.38. The van der Waals surface area contributed by atoms with E-state index in [-0.39, 0.29) is 11.5 Å². The van der Waals surface area contributed by atoms with Gasteiger partial charge in [-0.2, -0.15) is 0 Å². The number of halogens is 1. The first-order valence-corrected chi connectivity index (χ1v) is 5.95. The van der Waals surface area contributed by atoms with Crippen LogP contribution in [0.2, 0.25) is 0 Å². The van der Waals surface area contributed by atoms with Gasteiger partial charge in [-0.1, -0.05) is 18.2 Å². The number of carbonyl (C=O) groups is 2. The Balaban J connectivity index is 2.56. The maximum Gasteiger partial charge on any atom is 0.331 e. The van der Waals surface area contributed by atoms with Gasteiger partial charge in [0.2, 0.25) is 0 Å². The number of likely N-dealkylation sites (N-methyl/N-ethyl adjacent to an activating group) is 1. The second-order valence-corrected chi connectivity index (χ2v) is 3.83. The van der Waals surface area contributed by atoms with Crippen molar-refractivity contribution in [1.29, 1.82) is 0 Å². The molecule has 0 bridgehead atoms. The van der Waals surface area contributed by atoms with Crippen molar-refractivity contribution in [2.75, 3.05) is 6.54 Å². The third kappa shape index (κ3) is 4.91. The van der Waals surface area contributed by atoms with Crippen molar-refractivity contribution in [1.82, 2.24) is 5.32 Å². The topological polar surface area (TPSA) is 55.4 Å². The van der Waals surface area contributed by atoms with Gasteiger partial charge in [-0.05, 0) is 26.0 Å². The Labute approximate surface area is 111 Å². The molecule has 1 N–H and O–H groups in total. The van der Waals surface area contributed by atoms with Crippen molar-refractivity contribution in [2.24, 2.45) is 0 Å². The third-order valence-electron chi connectivity index (χ3n) is 2.32. The molecule has 0 spiro atoms. The zero-order chi connectivity index (χ0) is 14.3. The molecule has 0 aliphatic heterocycles. The molecule has 1 atom stereocenters. The number of hydrogen-bond acceptors (Lipinski definition) is 3. The highest BCUT2D eigenvalue weighted by Gasteiger charge is 2.15. The molecule has 0 aliphatic carbocycles. The van der Waals surface area contributed by atoms with Crippen LogP contribution in [0.3, 0.4) is 0 Å². The fourth-order valence-electron chi connectivity index (χ4n) is 1.35. The van der Waals surface area contributed by atoms with Crippen LogP contribution in [0.15, 0.2) is 30.3 Å². The number of nitrogens with one attached hydrogen (secondary N) is 1. The lowest BCUT2D eigenvalue weighted by atomic mass is 10.2. The predicted octanol–water partition coefficient (Wildman–Crippen LogP) is 1.91. The van der Waals surface area contributed by atoms with E-state index in [0.717, 1.165) is 6.08 Å². The minimum atomic E-state index is -0.877. The summed E-state index contributed by atoms with van der Waals surface area (Å²) in [6, 6.07) is 6.04. The summed E-state index contributed by atoms with van der Waals surface area (Å²) in [7, 11) is 0. The zero-order valence-corrected chi connectivity index (χ0v) is 10.9.